The van der Waals surface area contributed by atoms with Crippen molar-refractivity contribution in [3.63, 3.8) is 0 Å². The molecule has 0 saturated carbocycles. The van der Waals surface area contributed by atoms with Gasteiger partial charge >= 0.3 is 5.97 Å². The zero-order chi connectivity index (χ0) is 11.4. The van der Waals surface area contributed by atoms with Crippen molar-refractivity contribution in [2.75, 3.05) is 6.61 Å². The Labute approximate surface area is 88.9 Å². The number of H-pyrrole nitrogens is 1. The molecule has 0 aliphatic carbocycles. The quantitative estimate of drug-likeness (QED) is 0.768. The van der Waals surface area contributed by atoms with Crippen LogP contribution in [0.3, 0.4) is 0 Å². The molecule has 0 aliphatic rings. The largest absolute Gasteiger partial charge is 0.461 e. The van der Waals surface area contributed by atoms with E-state index in [9.17, 15) is 4.79 Å². The summed E-state index contributed by atoms with van der Waals surface area (Å²) in [5.41, 5.74) is 3.02. The highest BCUT2D eigenvalue weighted by molar-refractivity contribution is 5.89. The van der Waals surface area contributed by atoms with Gasteiger partial charge in [0.2, 0.25) is 0 Å². The van der Waals surface area contributed by atoms with Gasteiger partial charge in [-0.25, -0.2) is 4.79 Å². The Hall–Kier alpha value is -1.76. The van der Waals surface area contributed by atoms with Gasteiger partial charge in [-0.05, 0) is 31.9 Å². The summed E-state index contributed by atoms with van der Waals surface area (Å²) in [5, 5.41) is 8.64. The molecule has 0 bridgehead atoms. The van der Waals surface area contributed by atoms with Gasteiger partial charge in [0.1, 0.15) is 5.69 Å². The van der Waals surface area contributed by atoms with Gasteiger partial charge in [-0.1, -0.05) is 0 Å². The molecule has 1 aromatic heterocycles. The average Bonchev–Trinajstić information content (AvgIpc) is 2.47. The van der Waals surface area contributed by atoms with Crippen molar-refractivity contribution in [1.82, 2.24) is 4.98 Å². The third-order valence-electron chi connectivity index (χ3n) is 2.33. The van der Waals surface area contributed by atoms with Crippen LogP contribution in [0, 0.1) is 25.2 Å². The molecule has 1 N–H and O–H groups in total. The number of nitriles is 1. The van der Waals surface area contributed by atoms with Crippen molar-refractivity contribution < 1.29 is 9.53 Å². The molecule has 0 amide bonds. The summed E-state index contributed by atoms with van der Waals surface area (Å²) < 4.78 is 4.90. The van der Waals surface area contributed by atoms with Gasteiger partial charge < -0.3 is 9.72 Å². The minimum absolute atomic E-state index is 0.313. The molecule has 0 saturated heterocycles. The molecular formula is C11H14N2O2. The van der Waals surface area contributed by atoms with Crippen LogP contribution in [-0.4, -0.2) is 17.6 Å². The second-order valence-corrected chi connectivity index (χ2v) is 3.28. The minimum Gasteiger partial charge on any atom is -0.461 e. The van der Waals surface area contributed by atoms with Gasteiger partial charge in [0.15, 0.2) is 0 Å². The first-order valence-corrected chi connectivity index (χ1v) is 4.83. The second-order valence-electron chi connectivity index (χ2n) is 3.28. The number of nitrogens with one attached hydrogen (secondary N) is 1. The fourth-order valence-electron chi connectivity index (χ4n) is 1.54. The molecule has 15 heavy (non-hydrogen) atoms. The molecule has 1 aromatic rings. The summed E-state index contributed by atoms with van der Waals surface area (Å²) in [6.45, 7) is 5.79. The Kier molecular flexibility index (Phi) is 3.51. The molecule has 0 unspecified atom stereocenters. The number of ether oxygens (including phenoxy) is 1. The van der Waals surface area contributed by atoms with Crippen LogP contribution < -0.4 is 0 Å². The van der Waals surface area contributed by atoms with E-state index in [0.717, 1.165) is 16.8 Å². The van der Waals surface area contributed by atoms with Crippen LogP contribution in [0.15, 0.2) is 0 Å². The van der Waals surface area contributed by atoms with E-state index in [4.69, 9.17) is 10.00 Å². The zero-order valence-corrected chi connectivity index (χ0v) is 9.18. The minimum atomic E-state index is -0.359. The van der Waals surface area contributed by atoms with Gasteiger partial charge in [-0.15, -0.1) is 0 Å². The molecule has 1 rings (SSSR count). The number of nitrogens with zero attached hydrogens (tertiary/aromatic N) is 1. The lowest BCUT2D eigenvalue weighted by Gasteiger charge is -2.00. The monoisotopic (exact) mass is 206 g/mol. The summed E-state index contributed by atoms with van der Waals surface area (Å²) in [4.78, 5) is 14.5. The molecule has 1 heterocycles. The highest BCUT2D eigenvalue weighted by Crippen LogP contribution is 2.18. The number of carbonyl (C=O) groups is 1. The SMILES string of the molecule is CCOC(=O)c1[nH]c(C)c(CC#N)c1C. The Morgan fingerprint density at radius 2 is 2.20 bits per heavy atom. The smallest absolute Gasteiger partial charge is 0.355 e. The third-order valence-corrected chi connectivity index (χ3v) is 2.33. The number of rotatable bonds is 3. The molecule has 0 aliphatic heterocycles. The summed E-state index contributed by atoms with van der Waals surface area (Å²) in [6, 6.07) is 2.08. The first-order chi connectivity index (χ1) is 7.11. The number of aromatic amines is 1. The fraction of sp³-hybridized carbons (Fsp3) is 0.455. The topological polar surface area (TPSA) is 65.9 Å². The molecule has 4 heteroatoms. The van der Waals surface area contributed by atoms with Gasteiger partial charge in [0.05, 0.1) is 19.1 Å². The van der Waals surface area contributed by atoms with Crippen molar-refractivity contribution in [1.29, 1.82) is 5.26 Å². The molecule has 0 radical (unpaired) electrons. The standard InChI is InChI=1S/C11H14N2O2/c1-4-15-11(14)10-7(2)9(5-6-12)8(3)13-10/h13H,4-5H2,1-3H3. The maximum absolute atomic E-state index is 11.5. The number of esters is 1. The number of aromatic nitrogens is 1. The second kappa shape index (κ2) is 4.65. The Morgan fingerprint density at radius 3 is 2.73 bits per heavy atom. The lowest BCUT2D eigenvalue weighted by Crippen LogP contribution is -2.06. The van der Waals surface area contributed by atoms with E-state index >= 15 is 0 Å². The predicted octanol–water partition coefficient (Wildman–Crippen LogP) is 1.87. The predicted molar refractivity (Wildman–Crippen MR) is 55.5 cm³/mol. The van der Waals surface area contributed by atoms with Gasteiger partial charge in [0, 0.05) is 5.69 Å². The van der Waals surface area contributed by atoms with Crippen LogP contribution in [0.4, 0.5) is 0 Å². The number of hydrogen-bond acceptors (Lipinski definition) is 3. The maximum Gasteiger partial charge on any atom is 0.355 e. The summed E-state index contributed by atoms with van der Waals surface area (Å²) in [5.74, 6) is -0.359. The Balaban J connectivity index is 3.07. The van der Waals surface area contributed by atoms with Gasteiger partial charge in [-0.3, -0.25) is 0 Å². The highest BCUT2D eigenvalue weighted by atomic mass is 16.5. The maximum atomic E-state index is 11.5. The Morgan fingerprint density at radius 1 is 1.53 bits per heavy atom. The first-order valence-electron chi connectivity index (χ1n) is 4.83. The summed E-state index contributed by atoms with van der Waals surface area (Å²) in [6.07, 6.45) is 0.313. The first kappa shape index (κ1) is 11.3. The molecule has 80 valence electrons. The van der Waals surface area contributed by atoms with Crippen LogP contribution in [0.1, 0.15) is 34.2 Å². The van der Waals surface area contributed by atoms with Gasteiger partial charge in [0.25, 0.3) is 0 Å². The van der Waals surface area contributed by atoms with Crippen molar-refractivity contribution in [2.24, 2.45) is 0 Å². The van der Waals surface area contributed by atoms with Crippen LogP contribution in [-0.2, 0) is 11.2 Å². The zero-order valence-electron chi connectivity index (χ0n) is 9.18. The molecule has 0 aromatic carbocycles. The van der Waals surface area contributed by atoms with Crippen LogP contribution in [0.5, 0.6) is 0 Å². The fourth-order valence-corrected chi connectivity index (χ4v) is 1.54. The van der Waals surface area contributed by atoms with E-state index in [-0.39, 0.29) is 5.97 Å². The lowest BCUT2D eigenvalue weighted by atomic mass is 10.1. The van der Waals surface area contributed by atoms with E-state index in [2.05, 4.69) is 11.1 Å². The third kappa shape index (κ3) is 2.18. The van der Waals surface area contributed by atoms with Crippen molar-refractivity contribution >= 4 is 5.97 Å². The number of hydrogen-bond donors (Lipinski definition) is 1. The van der Waals surface area contributed by atoms with Gasteiger partial charge in [-0.2, -0.15) is 5.26 Å². The highest BCUT2D eigenvalue weighted by Gasteiger charge is 2.17. The molecular weight excluding hydrogens is 192 g/mol. The molecule has 0 fully saturated rings. The van der Waals surface area contributed by atoms with Crippen molar-refractivity contribution in [2.45, 2.75) is 27.2 Å². The van der Waals surface area contributed by atoms with E-state index in [1.165, 1.54) is 0 Å². The van der Waals surface area contributed by atoms with E-state index < -0.39 is 0 Å². The molecule has 0 spiro atoms. The lowest BCUT2D eigenvalue weighted by molar-refractivity contribution is 0.0519. The summed E-state index contributed by atoms with van der Waals surface area (Å²) in [7, 11) is 0. The van der Waals surface area contributed by atoms with Crippen molar-refractivity contribution in [3.8, 4) is 6.07 Å². The van der Waals surface area contributed by atoms with Crippen LogP contribution >= 0.6 is 0 Å². The average molecular weight is 206 g/mol. The van der Waals surface area contributed by atoms with Crippen LogP contribution in [0.2, 0.25) is 0 Å². The number of carbonyl (C=O) groups excluding carboxylic acids is 1. The normalized spacial score (nSPS) is 9.73. The van der Waals surface area contributed by atoms with Crippen molar-refractivity contribution in [3.05, 3.63) is 22.5 Å². The molecule has 0 atom stereocenters. The van der Waals surface area contributed by atoms with E-state index in [1.807, 2.05) is 13.8 Å². The molecule has 4 nitrogen and oxygen atoms in total. The summed E-state index contributed by atoms with van der Waals surface area (Å²) >= 11 is 0. The van der Waals surface area contributed by atoms with E-state index in [1.54, 1.807) is 6.92 Å². The van der Waals surface area contributed by atoms with E-state index in [0.29, 0.717) is 18.7 Å². The van der Waals surface area contributed by atoms with Crippen LogP contribution in [0.25, 0.3) is 0 Å². The number of aryl methyl sites for hydroxylation is 1. The Bertz CT molecular complexity index is 413.